The van der Waals surface area contributed by atoms with Gasteiger partial charge in [0.15, 0.2) is 5.78 Å². The van der Waals surface area contributed by atoms with E-state index in [0.29, 0.717) is 11.3 Å². The summed E-state index contributed by atoms with van der Waals surface area (Å²) in [5.74, 6) is 0.163. The van der Waals surface area contributed by atoms with Crippen molar-refractivity contribution >= 4 is 22.6 Å². The lowest BCUT2D eigenvalue weighted by atomic mass is 10.1. The Kier molecular flexibility index (Phi) is 3.29. The molecule has 0 fully saturated rings. The number of nitrogens with two attached hydrogens (primary N) is 1. The minimum Gasteiger partial charge on any atom is -0.497 e. The van der Waals surface area contributed by atoms with E-state index in [1.54, 1.807) is 36.9 Å². The summed E-state index contributed by atoms with van der Waals surface area (Å²) in [6, 6.07) is 4.89. The van der Waals surface area contributed by atoms with E-state index < -0.39 is 11.9 Å². The maximum absolute atomic E-state index is 11.7. The average Bonchev–Trinajstić information content (AvgIpc) is 2.76. The van der Waals surface area contributed by atoms with Gasteiger partial charge in [0.05, 0.1) is 7.11 Å². The van der Waals surface area contributed by atoms with Gasteiger partial charge in [-0.05, 0) is 32.0 Å². The van der Waals surface area contributed by atoms with Crippen LogP contribution < -0.4 is 10.5 Å². The van der Waals surface area contributed by atoms with Crippen LogP contribution in [-0.2, 0) is 4.79 Å². The first-order valence-electron chi connectivity index (χ1n) is 5.94. The third kappa shape index (κ3) is 2.19. The summed E-state index contributed by atoms with van der Waals surface area (Å²) in [6.07, 6.45) is 1.67. The molecule has 0 saturated heterocycles. The molecular formula is C14H16N2O3. The quantitative estimate of drug-likeness (QED) is 0.853. The molecule has 0 aliphatic carbocycles. The normalized spacial score (nSPS) is 12.4. The molecule has 0 aliphatic rings. The van der Waals surface area contributed by atoms with Gasteiger partial charge in [-0.2, -0.15) is 0 Å². The van der Waals surface area contributed by atoms with Crippen LogP contribution in [0.3, 0.4) is 0 Å². The van der Waals surface area contributed by atoms with E-state index in [2.05, 4.69) is 0 Å². The topological polar surface area (TPSA) is 74.3 Å². The first-order valence-corrected chi connectivity index (χ1v) is 5.94. The fourth-order valence-corrected chi connectivity index (χ4v) is 2.10. The molecule has 0 spiro atoms. The van der Waals surface area contributed by atoms with E-state index in [-0.39, 0.29) is 5.78 Å². The Balaban J connectivity index is 2.73. The number of aromatic nitrogens is 1. The molecule has 2 aromatic rings. The van der Waals surface area contributed by atoms with Crippen molar-refractivity contribution in [3.8, 4) is 5.75 Å². The maximum atomic E-state index is 11.7. The summed E-state index contributed by atoms with van der Waals surface area (Å²) >= 11 is 0. The molecule has 1 heterocycles. The minimum atomic E-state index is -0.510. The van der Waals surface area contributed by atoms with Crippen LogP contribution in [-0.4, -0.2) is 23.4 Å². The van der Waals surface area contributed by atoms with Crippen molar-refractivity contribution in [3.05, 3.63) is 30.0 Å². The molecule has 1 amide bonds. The Hall–Kier alpha value is -2.30. The van der Waals surface area contributed by atoms with Gasteiger partial charge in [0.1, 0.15) is 11.8 Å². The Morgan fingerprint density at radius 3 is 2.58 bits per heavy atom. The van der Waals surface area contributed by atoms with Crippen LogP contribution in [0, 0.1) is 0 Å². The molecule has 0 bridgehead atoms. The number of benzene rings is 1. The highest BCUT2D eigenvalue weighted by molar-refractivity contribution is 6.07. The number of primary amides is 1. The molecule has 100 valence electrons. The fraction of sp³-hybridized carbons (Fsp3) is 0.286. The van der Waals surface area contributed by atoms with Crippen molar-refractivity contribution in [3.63, 3.8) is 0 Å². The number of hydrogen-bond donors (Lipinski definition) is 1. The number of nitrogens with zero attached hydrogens (tertiary/aromatic N) is 1. The number of amides is 1. The van der Waals surface area contributed by atoms with E-state index in [1.807, 2.05) is 6.07 Å². The summed E-state index contributed by atoms with van der Waals surface area (Å²) in [7, 11) is 1.57. The number of rotatable bonds is 4. The van der Waals surface area contributed by atoms with Crippen molar-refractivity contribution in [1.29, 1.82) is 0 Å². The standard InChI is InChI=1S/C14H16N2O3/c1-8(14(15)18)16-7-12(9(2)17)11-6-10(19-3)4-5-13(11)16/h4-8H,1-3H3,(H2,15,18). The molecule has 19 heavy (non-hydrogen) atoms. The third-order valence-corrected chi connectivity index (χ3v) is 3.25. The molecule has 2 rings (SSSR count). The van der Waals surface area contributed by atoms with Crippen LogP contribution in [0.5, 0.6) is 5.75 Å². The molecule has 0 radical (unpaired) electrons. The Morgan fingerprint density at radius 2 is 2.05 bits per heavy atom. The largest absolute Gasteiger partial charge is 0.497 e. The van der Waals surface area contributed by atoms with Gasteiger partial charge in [0.2, 0.25) is 5.91 Å². The zero-order chi connectivity index (χ0) is 14.2. The molecule has 1 atom stereocenters. The second-order valence-electron chi connectivity index (χ2n) is 4.47. The van der Waals surface area contributed by atoms with Crippen LogP contribution in [0.2, 0.25) is 0 Å². The number of fused-ring (bicyclic) bond motifs is 1. The number of methoxy groups -OCH3 is 1. The Labute approximate surface area is 110 Å². The average molecular weight is 260 g/mol. The first-order chi connectivity index (χ1) is 8.95. The van der Waals surface area contributed by atoms with Gasteiger partial charge in [0, 0.05) is 22.7 Å². The monoisotopic (exact) mass is 260 g/mol. The lowest BCUT2D eigenvalue weighted by Crippen LogP contribution is -2.23. The lowest BCUT2D eigenvalue weighted by molar-refractivity contribution is -0.120. The molecule has 1 aromatic carbocycles. The molecule has 2 N–H and O–H groups in total. The molecule has 1 unspecified atom stereocenters. The summed E-state index contributed by atoms with van der Waals surface area (Å²) in [6.45, 7) is 3.20. The first kappa shape index (κ1) is 13.1. The predicted octanol–water partition coefficient (Wildman–Crippen LogP) is 1.90. The molecular weight excluding hydrogens is 244 g/mol. The van der Waals surface area contributed by atoms with Crippen LogP contribution >= 0.6 is 0 Å². The van der Waals surface area contributed by atoms with Crippen molar-refractivity contribution in [2.75, 3.05) is 7.11 Å². The van der Waals surface area contributed by atoms with Gasteiger partial charge in [-0.1, -0.05) is 0 Å². The zero-order valence-electron chi connectivity index (χ0n) is 11.1. The molecule has 5 nitrogen and oxygen atoms in total. The molecule has 0 saturated carbocycles. The van der Waals surface area contributed by atoms with Crippen molar-refractivity contribution in [2.24, 2.45) is 5.73 Å². The van der Waals surface area contributed by atoms with E-state index in [9.17, 15) is 9.59 Å². The van der Waals surface area contributed by atoms with Gasteiger partial charge < -0.3 is 15.0 Å². The van der Waals surface area contributed by atoms with Crippen molar-refractivity contribution in [1.82, 2.24) is 4.57 Å². The third-order valence-electron chi connectivity index (χ3n) is 3.25. The molecule has 5 heteroatoms. The van der Waals surface area contributed by atoms with Gasteiger partial charge >= 0.3 is 0 Å². The Morgan fingerprint density at radius 1 is 1.37 bits per heavy atom. The van der Waals surface area contributed by atoms with Crippen LogP contribution in [0.1, 0.15) is 30.2 Å². The van der Waals surface area contributed by atoms with E-state index in [0.717, 1.165) is 10.9 Å². The summed E-state index contributed by atoms with van der Waals surface area (Å²) in [4.78, 5) is 23.0. The SMILES string of the molecule is COc1ccc2c(c1)c(C(C)=O)cn2C(C)C(N)=O. The van der Waals surface area contributed by atoms with Crippen LogP contribution in [0.25, 0.3) is 10.9 Å². The van der Waals surface area contributed by atoms with E-state index >= 15 is 0 Å². The van der Waals surface area contributed by atoms with Crippen molar-refractivity contribution < 1.29 is 14.3 Å². The molecule has 0 aliphatic heterocycles. The van der Waals surface area contributed by atoms with E-state index in [4.69, 9.17) is 10.5 Å². The number of Topliss-reactive ketones (excluding diaryl/α,β-unsaturated/α-hetero) is 1. The van der Waals surface area contributed by atoms with Crippen LogP contribution in [0.15, 0.2) is 24.4 Å². The highest BCUT2D eigenvalue weighted by Gasteiger charge is 2.18. The highest BCUT2D eigenvalue weighted by atomic mass is 16.5. The maximum Gasteiger partial charge on any atom is 0.240 e. The number of hydrogen-bond acceptors (Lipinski definition) is 3. The summed E-state index contributed by atoms with van der Waals surface area (Å²) in [5, 5.41) is 0.764. The minimum absolute atomic E-state index is 0.0614. The second kappa shape index (κ2) is 4.76. The van der Waals surface area contributed by atoms with Crippen molar-refractivity contribution in [2.45, 2.75) is 19.9 Å². The summed E-state index contributed by atoms with van der Waals surface area (Å²) in [5.41, 5.74) is 6.68. The second-order valence-corrected chi connectivity index (χ2v) is 4.47. The summed E-state index contributed by atoms with van der Waals surface area (Å²) < 4.78 is 6.88. The highest BCUT2D eigenvalue weighted by Crippen LogP contribution is 2.28. The fourth-order valence-electron chi connectivity index (χ4n) is 2.10. The van der Waals surface area contributed by atoms with Gasteiger partial charge in [-0.3, -0.25) is 9.59 Å². The van der Waals surface area contributed by atoms with Gasteiger partial charge in [0.25, 0.3) is 0 Å². The van der Waals surface area contributed by atoms with Crippen LogP contribution in [0.4, 0.5) is 0 Å². The van der Waals surface area contributed by atoms with Gasteiger partial charge in [-0.15, -0.1) is 0 Å². The number of ether oxygens (including phenoxy) is 1. The predicted molar refractivity (Wildman–Crippen MR) is 72.4 cm³/mol. The number of carbonyl (C=O) groups excluding carboxylic acids is 2. The van der Waals surface area contributed by atoms with E-state index in [1.165, 1.54) is 6.92 Å². The smallest absolute Gasteiger partial charge is 0.240 e. The molecule has 1 aromatic heterocycles. The number of ketones is 1. The Bertz CT molecular complexity index is 658. The van der Waals surface area contributed by atoms with Gasteiger partial charge in [-0.25, -0.2) is 0 Å². The lowest BCUT2D eigenvalue weighted by Gasteiger charge is -2.11. The zero-order valence-corrected chi connectivity index (χ0v) is 11.1. The number of carbonyl (C=O) groups is 2.